The molecule has 0 aliphatic rings. The van der Waals surface area contributed by atoms with Crippen LogP contribution in [0.15, 0.2) is 71.6 Å². The molecule has 0 heterocycles. The number of halogens is 1. The number of carbonyl (C=O) groups is 1. The third-order valence-electron chi connectivity index (χ3n) is 4.36. The first-order valence-electron chi connectivity index (χ1n) is 9.92. The van der Waals surface area contributed by atoms with Gasteiger partial charge >= 0.3 is 0 Å². The van der Waals surface area contributed by atoms with E-state index in [2.05, 4.69) is 10.0 Å². The SMILES string of the molecule is CCOc1ccc(NS(=O)(=O)c2ccc(OCC(=O)Nc3cc(Cl)ccc3OC)cc2)cc1. The standard InChI is InChI=1S/C23H23ClN2O6S/c1-3-31-18-7-5-17(6-8-18)26-33(28,29)20-11-9-19(10-12-20)32-15-23(27)25-21-14-16(24)4-13-22(21)30-2/h4-14,26H,3,15H2,1-2H3,(H,25,27). The van der Waals surface area contributed by atoms with Gasteiger partial charge in [-0.25, -0.2) is 8.42 Å². The van der Waals surface area contributed by atoms with Gasteiger partial charge in [0.25, 0.3) is 15.9 Å². The number of ether oxygens (including phenoxy) is 3. The summed E-state index contributed by atoms with van der Waals surface area (Å²) >= 11 is 5.95. The zero-order valence-electron chi connectivity index (χ0n) is 18.0. The summed E-state index contributed by atoms with van der Waals surface area (Å²) < 4.78 is 43.7. The van der Waals surface area contributed by atoms with Crippen LogP contribution in [0.4, 0.5) is 11.4 Å². The first-order valence-corrected chi connectivity index (χ1v) is 11.8. The average Bonchev–Trinajstić information content (AvgIpc) is 2.79. The van der Waals surface area contributed by atoms with Gasteiger partial charge in [0.15, 0.2) is 6.61 Å². The molecule has 33 heavy (non-hydrogen) atoms. The largest absolute Gasteiger partial charge is 0.495 e. The monoisotopic (exact) mass is 490 g/mol. The Bertz CT molecular complexity index is 1200. The van der Waals surface area contributed by atoms with Crippen molar-refractivity contribution in [2.45, 2.75) is 11.8 Å². The fourth-order valence-corrected chi connectivity index (χ4v) is 4.06. The Balaban J connectivity index is 1.58. The summed E-state index contributed by atoms with van der Waals surface area (Å²) in [6.07, 6.45) is 0. The number of methoxy groups -OCH3 is 1. The number of benzene rings is 3. The van der Waals surface area contributed by atoms with E-state index < -0.39 is 15.9 Å². The van der Waals surface area contributed by atoms with Gasteiger partial charge in [0.05, 0.1) is 24.3 Å². The summed E-state index contributed by atoms with van der Waals surface area (Å²) in [5.74, 6) is 1.02. The lowest BCUT2D eigenvalue weighted by atomic mass is 10.3. The summed E-state index contributed by atoms with van der Waals surface area (Å²) in [5, 5.41) is 3.11. The zero-order chi connectivity index (χ0) is 23.8. The van der Waals surface area contributed by atoms with Crippen LogP contribution in [0.3, 0.4) is 0 Å². The normalized spacial score (nSPS) is 10.9. The van der Waals surface area contributed by atoms with E-state index in [0.29, 0.717) is 40.3 Å². The van der Waals surface area contributed by atoms with Crippen LogP contribution < -0.4 is 24.2 Å². The quantitative estimate of drug-likeness (QED) is 0.431. The van der Waals surface area contributed by atoms with Crippen molar-refractivity contribution in [2.75, 3.05) is 30.4 Å². The number of hydrogen-bond donors (Lipinski definition) is 2. The molecule has 3 rings (SSSR count). The summed E-state index contributed by atoms with van der Waals surface area (Å²) in [4.78, 5) is 12.3. The van der Waals surface area contributed by atoms with Crippen molar-refractivity contribution in [3.8, 4) is 17.2 Å². The molecule has 0 radical (unpaired) electrons. The second kappa shape index (κ2) is 10.9. The van der Waals surface area contributed by atoms with E-state index in [-0.39, 0.29) is 11.5 Å². The van der Waals surface area contributed by atoms with Crippen LogP contribution in [0.1, 0.15) is 6.92 Å². The molecule has 3 aromatic rings. The highest BCUT2D eigenvalue weighted by Crippen LogP contribution is 2.27. The van der Waals surface area contributed by atoms with Crippen LogP contribution >= 0.6 is 11.6 Å². The van der Waals surface area contributed by atoms with Crippen molar-refractivity contribution < 1.29 is 27.4 Å². The van der Waals surface area contributed by atoms with Crippen molar-refractivity contribution in [1.82, 2.24) is 0 Å². The lowest BCUT2D eigenvalue weighted by molar-refractivity contribution is -0.118. The van der Waals surface area contributed by atoms with Gasteiger partial charge < -0.3 is 19.5 Å². The molecule has 10 heteroatoms. The molecule has 0 spiro atoms. The van der Waals surface area contributed by atoms with Crippen molar-refractivity contribution in [3.05, 3.63) is 71.8 Å². The number of amides is 1. The molecule has 3 aromatic carbocycles. The maximum Gasteiger partial charge on any atom is 0.262 e. The van der Waals surface area contributed by atoms with Crippen LogP contribution in [0, 0.1) is 0 Å². The number of sulfonamides is 1. The van der Waals surface area contributed by atoms with Crippen LogP contribution in [-0.4, -0.2) is 34.6 Å². The molecule has 0 saturated heterocycles. The van der Waals surface area contributed by atoms with Gasteiger partial charge in [0.2, 0.25) is 0 Å². The zero-order valence-corrected chi connectivity index (χ0v) is 19.6. The van der Waals surface area contributed by atoms with Gasteiger partial charge in [-0.1, -0.05) is 11.6 Å². The Morgan fingerprint density at radius 3 is 2.21 bits per heavy atom. The van der Waals surface area contributed by atoms with E-state index >= 15 is 0 Å². The third kappa shape index (κ3) is 6.77. The van der Waals surface area contributed by atoms with E-state index in [1.165, 1.54) is 31.4 Å². The van der Waals surface area contributed by atoms with Gasteiger partial charge in [-0.05, 0) is 73.7 Å². The average molecular weight is 491 g/mol. The molecule has 1 amide bonds. The summed E-state index contributed by atoms with van der Waals surface area (Å²) in [6.45, 7) is 2.11. The van der Waals surface area contributed by atoms with E-state index in [4.69, 9.17) is 25.8 Å². The molecular formula is C23H23ClN2O6S. The van der Waals surface area contributed by atoms with Gasteiger partial charge in [0, 0.05) is 10.7 Å². The predicted octanol–water partition coefficient (Wildman–Crippen LogP) is 4.57. The molecule has 0 atom stereocenters. The highest BCUT2D eigenvalue weighted by atomic mass is 35.5. The second-order valence-corrected chi connectivity index (χ2v) is 8.83. The van der Waals surface area contributed by atoms with Gasteiger partial charge in [0.1, 0.15) is 17.2 Å². The smallest absolute Gasteiger partial charge is 0.262 e. The first-order chi connectivity index (χ1) is 15.8. The maximum atomic E-state index is 12.6. The van der Waals surface area contributed by atoms with E-state index in [0.717, 1.165) is 0 Å². The van der Waals surface area contributed by atoms with Gasteiger partial charge in [-0.3, -0.25) is 9.52 Å². The minimum Gasteiger partial charge on any atom is -0.495 e. The molecule has 0 fully saturated rings. The molecule has 0 saturated carbocycles. The predicted molar refractivity (Wildman–Crippen MR) is 127 cm³/mol. The molecule has 174 valence electrons. The van der Waals surface area contributed by atoms with Gasteiger partial charge in [-0.2, -0.15) is 0 Å². The van der Waals surface area contributed by atoms with Crippen molar-refractivity contribution >= 4 is 38.9 Å². The fourth-order valence-electron chi connectivity index (χ4n) is 2.83. The van der Waals surface area contributed by atoms with Crippen LogP contribution in [0.5, 0.6) is 17.2 Å². The summed E-state index contributed by atoms with van der Waals surface area (Å²) in [6, 6.07) is 17.2. The van der Waals surface area contributed by atoms with Crippen LogP contribution in [0.2, 0.25) is 5.02 Å². The third-order valence-corrected chi connectivity index (χ3v) is 5.99. The molecule has 0 aromatic heterocycles. The number of nitrogens with one attached hydrogen (secondary N) is 2. The minimum absolute atomic E-state index is 0.0526. The molecule has 0 aliphatic carbocycles. The fraction of sp³-hybridized carbons (Fsp3) is 0.174. The van der Waals surface area contributed by atoms with Crippen LogP contribution in [0.25, 0.3) is 0 Å². The summed E-state index contributed by atoms with van der Waals surface area (Å²) in [7, 11) is -2.31. The topological polar surface area (TPSA) is 103 Å². The molecule has 0 aliphatic heterocycles. The Labute approximate surface area is 197 Å². The molecule has 0 bridgehead atoms. The Hall–Kier alpha value is -3.43. The molecule has 0 unspecified atom stereocenters. The molecule has 2 N–H and O–H groups in total. The van der Waals surface area contributed by atoms with Gasteiger partial charge in [-0.15, -0.1) is 0 Å². The highest BCUT2D eigenvalue weighted by Gasteiger charge is 2.15. The maximum absolute atomic E-state index is 12.6. The second-order valence-electron chi connectivity index (χ2n) is 6.72. The number of anilines is 2. The number of rotatable bonds is 10. The Morgan fingerprint density at radius 1 is 0.939 bits per heavy atom. The van der Waals surface area contributed by atoms with E-state index in [1.54, 1.807) is 42.5 Å². The van der Waals surface area contributed by atoms with Crippen molar-refractivity contribution in [3.63, 3.8) is 0 Å². The lowest BCUT2D eigenvalue weighted by Gasteiger charge is -2.12. The Kier molecular flexibility index (Phi) is 8.02. The van der Waals surface area contributed by atoms with E-state index in [9.17, 15) is 13.2 Å². The minimum atomic E-state index is -3.79. The van der Waals surface area contributed by atoms with Crippen LogP contribution in [-0.2, 0) is 14.8 Å². The molecular weight excluding hydrogens is 468 g/mol. The first kappa shape index (κ1) is 24.2. The highest BCUT2D eigenvalue weighted by molar-refractivity contribution is 7.92. The van der Waals surface area contributed by atoms with E-state index in [1.807, 2.05) is 6.92 Å². The lowest BCUT2D eigenvalue weighted by Crippen LogP contribution is -2.20. The molecule has 8 nitrogen and oxygen atoms in total. The van der Waals surface area contributed by atoms with Crippen molar-refractivity contribution in [2.24, 2.45) is 0 Å². The number of hydrogen-bond acceptors (Lipinski definition) is 6. The summed E-state index contributed by atoms with van der Waals surface area (Å²) in [5.41, 5.74) is 0.826. The number of carbonyl (C=O) groups excluding carboxylic acids is 1. The Morgan fingerprint density at radius 2 is 1.58 bits per heavy atom. The van der Waals surface area contributed by atoms with Crippen molar-refractivity contribution in [1.29, 1.82) is 0 Å².